The van der Waals surface area contributed by atoms with E-state index in [9.17, 15) is 5.26 Å². The highest BCUT2D eigenvalue weighted by atomic mass is 15.1. The van der Waals surface area contributed by atoms with Gasteiger partial charge in [0, 0.05) is 39.8 Å². The smallest absolute Gasteiger partial charge is 0.0991 e. The number of nitrogens with two attached hydrogens (primary N) is 1. The normalized spacial score (nSPS) is 12.2. The molecule has 61 heavy (non-hydrogen) atoms. The molecule has 0 atom stereocenters. The second-order valence-corrected chi connectivity index (χ2v) is 16.6. The molecule has 0 aliphatic heterocycles. The Labute approximate surface area is 361 Å². The predicted molar refractivity (Wildman–Crippen MR) is 259 cm³/mol. The minimum Gasteiger partial charge on any atom is -0.344 e. The molecule has 0 bridgehead atoms. The number of fused-ring (bicyclic) bond motifs is 8. The van der Waals surface area contributed by atoms with Gasteiger partial charge in [-0.25, -0.2) is 0 Å². The summed E-state index contributed by atoms with van der Waals surface area (Å²) in [6.45, 7) is 11.9. The van der Waals surface area contributed by atoms with E-state index in [1.54, 1.807) is 0 Å². The molecule has 0 saturated heterocycles. The lowest BCUT2D eigenvalue weighted by molar-refractivity contribution is 0.660. The molecule has 0 radical (unpaired) electrons. The first-order chi connectivity index (χ1) is 29.7. The molecule has 2 N–H and O–H groups in total. The largest absolute Gasteiger partial charge is 0.344 e. The number of benzene rings is 8. The molecular weight excluding hydrogens is 741 g/mol. The van der Waals surface area contributed by atoms with Crippen LogP contribution in [0.25, 0.3) is 43.7 Å². The lowest BCUT2D eigenvalue weighted by Gasteiger charge is -2.30. The van der Waals surface area contributed by atoms with Crippen molar-refractivity contribution in [2.24, 2.45) is 12.8 Å². The number of aryl methyl sites for hydroxylation is 4. The van der Waals surface area contributed by atoms with Gasteiger partial charge in [0.1, 0.15) is 0 Å². The number of rotatable bonds is 6. The van der Waals surface area contributed by atoms with Crippen LogP contribution in [-0.4, -0.2) is 11.1 Å². The van der Waals surface area contributed by atoms with Crippen LogP contribution in [0.1, 0.15) is 59.7 Å². The van der Waals surface area contributed by atoms with Crippen molar-refractivity contribution < 1.29 is 0 Å². The van der Waals surface area contributed by atoms with Crippen LogP contribution >= 0.6 is 0 Å². The van der Waals surface area contributed by atoms with Crippen LogP contribution in [0.2, 0.25) is 0 Å². The summed E-state index contributed by atoms with van der Waals surface area (Å²) < 4.78 is 2.29. The van der Waals surface area contributed by atoms with Crippen molar-refractivity contribution in [1.82, 2.24) is 4.57 Å². The summed E-state index contributed by atoms with van der Waals surface area (Å²) in [5, 5.41) is 14.5. The van der Waals surface area contributed by atoms with Crippen LogP contribution in [0.3, 0.4) is 0 Å². The highest BCUT2D eigenvalue weighted by molar-refractivity contribution is 6.17. The Hall–Kier alpha value is -6.93. The second kappa shape index (κ2) is 17.3. The summed E-state index contributed by atoms with van der Waals surface area (Å²) in [5.41, 5.74) is 22.5. The van der Waals surface area contributed by atoms with Crippen LogP contribution < -0.4 is 10.6 Å². The van der Waals surface area contributed by atoms with Crippen molar-refractivity contribution in [1.29, 1.82) is 5.26 Å². The van der Waals surface area contributed by atoms with E-state index in [2.05, 4.69) is 197 Å². The molecule has 0 fully saturated rings. The van der Waals surface area contributed by atoms with E-state index in [0.717, 1.165) is 36.4 Å². The predicted octanol–water partition coefficient (Wildman–Crippen LogP) is 14.2. The summed E-state index contributed by atoms with van der Waals surface area (Å²) in [7, 11) is 2.15. The Morgan fingerprint density at radius 3 is 1.92 bits per heavy atom. The fourth-order valence-corrected chi connectivity index (χ4v) is 9.17. The zero-order chi connectivity index (χ0) is 42.7. The van der Waals surface area contributed by atoms with Crippen LogP contribution in [0.15, 0.2) is 170 Å². The topological polar surface area (TPSA) is 58.0 Å². The quantitative estimate of drug-likeness (QED) is 0.182. The van der Waals surface area contributed by atoms with Crippen molar-refractivity contribution in [2.45, 2.75) is 52.9 Å². The Bertz CT molecular complexity index is 3040. The maximum absolute atomic E-state index is 9.61. The number of nitriles is 1. The van der Waals surface area contributed by atoms with Crippen molar-refractivity contribution in [3.05, 3.63) is 209 Å². The van der Waals surface area contributed by atoms with Crippen LogP contribution in [0, 0.1) is 25.2 Å². The molecular formula is C57H54N4. The minimum atomic E-state index is -0.155. The monoisotopic (exact) mass is 794 g/mol. The third kappa shape index (κ3) is 7.70. The van der Waals surface area contributed by atoms with Gasteiger partial charge in [0.25, 0.3) is 0 Å². The highest BCUT2D eigenvalue weighted by Gasteiger charge is 2.38. The summed E-state index contributed by atoms with van der Waals surface area (Å²) in [5.74, 6) is 0. The average molecular weight is 795 g/mol. The van der Waals surface area contributed by atoms with E-state index < -0.39 is 0 Å². The van der Waals surface area contributed by atoms with E-state index in [4.69, 9.17) is 5.73 Å². The molecule has 1 aliphatic carbocycles. The Morgan fingerprint density at radius 1 is 0.607 bits per heavy atom. The minimum absolute atomic E-state index is 0.155. The fraction of sp³-hybridized carbons (Fsp3) is 0.175. The SMILES string of the molecule is CCc1ccccc1CCN.Cc1ccc2c(c1)C(C)(C)c1cc(N(c3ccc(C#N)cc3)c3cccc4c3c3ccccc3n4C)c3ccccc3c1-2.Cc1ccccc1. The lowest BCUT2D eigenvalue weighted by atomic mass is 9.81. The Balaban J connectivity index is 0.000000236. The molecule has 4 heteroatoms. The number of hydrogen-bond donors (Lipinski definition) is 1. The molecule has 302 valence electrons. The maximum atomic E-state index is 9.61. The molecule has 0 amide bonds. The molecule has 1 aromatic heterocycles. The van der Waals surface area contributed by atoms with E-state index in [0.29, 0.717) is 5.56 Å². The zero-order valence-corrected chi connectivity index (χ0v) is 36.2. The van der Waals surface area contributed by atoms with Crippen LogP contribution in [0.5, 0.6) is 0 Å². The van der Waals surface area contributed by atoms with Gasteiger partial charge in [0.15, 0.2) is 0 Å². The molecule has 0 unspecified atom stereocenters. The van der Waals surface area contributed by atoms with E-state index in [1.807, 2.05) is 30.3 Å². The van der Waals surface area contributed by atoms with Crippen molar-refractivity contribution in [3.8, 4) is 17.2 Å². The van der Waals surface area contributed by atoms with Gasteiger partial charge in [0.2, 0.25) is 0 Å². The third-order valence-corrected chi connectivity index (χ3v) is 12.3. The number of aromatic nitrogens is 1. The first-order valence-electron chi connectivity index (χ1n) is 21.4. The molecule has 1 heterocycles. The van der Waals surface area contributed by atoms with Gasteiger partial charge in [-0.2, -0.15) is 5.26 Å². The standard InChI is InChI=1S/C40H31N3.C10H15N.C7H8/c1-25-16-21-30-32(22-25)40(2,3)33-23-37(28-10-5-6-11-29(28)38(30)33)43(27-19-17-26(24-41)18-20-27)36-15-9-14-35-39(36)31-12-7-8-13-34(31)42(35)4;1-2-9-5-3-4-6-10(9)7-8-11;1-7-5-3-2-4-6-7/h5-23H,1-4H3;3-6H,2,7-8,11H2,1H3;2-6H,1H3. The third-order valence-electron chi connectivity index (χ3n) is 12.3. The summed E-state index contributed by atoms with van der Waals surface area (Å²) in [6.07, 6.45) is 2.11. The Morgan fingerprint density at radius 2 is 1.25 bits per heavy atom. The number of para-hydroxylation sites is 1. The summed E-state index contributed by atoms with van der Waals surface area (Å²) in [4.78, 5) is 2.41. The van der Waals surface area contributed by atoms with Gasteiger partial charge in [-0.1, -0.05) is 153 Å². The van der Waals surface area contributed by atoms with Crippen molar-refractivity contribution in [3.63, 3.8) is 0 Å². The van der Waals surface area contributed by atoms with Gasteiger partial charge >= 0.3 is 0 Å². The first-order valence-corrected chi connectivity index (χ1v) is 21.4. The van der Waals surface area contributed by atoms with Crippen molar-refractivity contribution >= 4 is 49.6 Å². The lowest BCUT2D eigenvalue weighted by Crippen LogP contribution is -2.17. The summed E-state index contributed by atoms with van der Waals surface area (Å²) in [6, 6.07) is 62.4. The van der Waals surface area contributed by atoms with E-state index >= 15 is 0 Å². The average Bonchev–Trinajstić information content (AvgIpc) is 3.71. The zero-order valence-electron chi connectivity index (χ0n) is 36.2. The number of nitrogens with zero attached hydrogens (tertiary/aromatic N) is 3. The molecule has 4 nitrogen and oxygen atoms in total. The van der Waals surface area contributed by atoms with Gasteiger partial charge in [0.05, 0.1) is 28.5 Å². The first kappa shape index (κ1) is 40.8. The van der Waals surface area contributed by atoms with Crippen LogP contribution in [-0.2, 0) is 25.3 Å². The van der Waals surface area contributed by atoms with E-state index in [1.165, 1.54) is 77.1 Å². The molecule has 8 aromatic carbocycles. The molecule has 0 spiro atoms. The van der Waals surface area contributed by atoms with Gasteiger partial charge in [-0.3, -0.25) is 0 Å². The number of anilines is 3. The molecule has 1 aliphatic rings. The van der Waals surface area contributed by atoms with Crippen LogP contribution in [0.4, 0.5) is 17.1 Å². The molecule has 0 saturated carbocycles. The number of hydrogen-bond acceptors (Lipinski definition) is 3. The van der Waals surface area contributed by atoms with Gasteiger partial charge in [-0.05, 0) is 121 Å². The fourth-order valence-electron chi connectivity index (χ4n) is 9.17. The second-order valence-electron chi connectivity index (χ2n) is 16.6. The highest BCUT2D eigenvalue weighted by Crippen LogP contribution is 2.55. The van der Waals surface area contributed by atoms with E-state index in [-0.39, 0.29) is 5.41 Å². The van der Waals surface area contributed by atoms with Crippen molar-refractivity contribution in [2.75, 3.05) is 11.4 Å². The molecule has 9 aromatic rings. The summed E-state index contributed by atoms with van der Waals surface area (Å²) >= 11 is 0. The maximum Gasteiger partial charge on any atom is 0.0991 e. The Kier molecular flexibility index (Phi) is 11.6. The van der Waals surface area contributed by atoms with Gasteiger partial charge in [-0.15, -0.1) is 0 Å². The molecule has 10 rings (SSSR count). The van der Waals surface area contributed by atoms with Gasteiger partial charge < -0.3 is 15.2 Å².